The Balaban J connectivity index is 0.000000435. The second-order valence-electron chi connectivity index (χ2n) is 11.3. The Labute approximate surface area is 291 Å². The number of thioether (sulfide) groups is 1. The van der Waals surface area contributed by atoms with E-state index >= 15 is 0 Å². The van der Waals surface area contributed by atoms with Gasteiger partial charge in [-0.25, -0.2) is 14.2 Å². The van der Waals surface area contributed by atoms with Gasteiger partial charge in [0.05, 0.1) is 35.2 Å². The molecule has 50 heavy (non-hydrogen) atoms. The summed E-state index contributed by atoms with van der Waals surface area (Å²) >= 11 is 7.23. The maximum atomic E-state index is 12.9. The molecular weight excluding hydrogens is 738 g/mol. The molecule has 0 saturated carbocycles. The van der Waals surface area contributed by atoms with Crippen molar-refractivity contribution in [3.05, 3.63) is 77.4 Å². The highest BCUT2D eigenvalue weighted by Gasteiger charge is 2.35. The lowest BCUT2D eigenvalue weighted by molar-refractivity contribution is -0.144. The number of ether oxygens (including phenoxy) is 1. The number of nitrogen functional groups attached to an aromatic ring is 1. The third-order valence-corrected chi connectivity index (χ3v) is 7.34. The van der Waals surface area contributed by atoms with Crippen LogP contribution in [0.1, 0.15) is 56.4 Å². The van der Waals surface area contributed by atoms with Crippen LogP contribution in [-0.4, -0.2) is 76.0 Å². The first-order valence-corrected chi connectivity index (χ1v) is 17.3. The molecule has 0 amide bonds. The molecule has 0 saturated heterocycles. The summed E-state index contributed by atoms with van der Waals surface area (Å²) in [6.45, 7) is 8.49. The number of aliphatic carboxylic acids is 1. The van der Waals surface area contributed by atoms with Gasteiger partial charge < -0.3 is 25.5 Å². The number of aromatic nitrogens is 5. The van der Waals surface area contributed by atoms with E-state index in [0.29, 0.717) is 26.1 Å². The Morgan fingerprint density at radius 1 is 1.12 bits per heavy atom. The number of carboxylic acid groups (broad SMARTS) is 1. The second-order valence-corrected chi connectivity index (χ2v) is 14.1. The molecule has 278 valence electrons. The number of carbonyl (C=O) groups is 2. The SMILES string of the molecule is CC(C)OC(=O)c1cc(-n2c(=O)cc(C(F)(F)F)n(C)c2=O)ccc1Cl.CSc1nnc(C(C)(C)C)c(=O)n1N.O=C(O)CNCP(=O)(O)O. The molecule has 0 bridgehead atoms. The minimum absolute atomic E-state index is 0.0104. The number of hydrogen-bond donors (Lipinski definition) is 5. The van der Waals surface area contributed by atoms with Gasteiger partial charge in [0.2, 0.25) is 5.16 Å². The van der Waals surface area contributed by atoms with E-state index in [-0.39, 0.29) is 27.2 Å². The van der Waals surface area contributed by atoms with Crippen molar-refractivity contribution in [2.75, 3.05) is 24.9 Å². The molecule has 17 nitrogen and oxygen atoms in total. The summed E-state index contributed by atoms with van der Waals surface area (Å²) in [4.78, 5) is 74.3. The van der Waals surface area contributed by atoms with Crippen molar-refractivity contribution in [3.63, 3.8) is 0 Å². The lowest BCUT2D eigenvalue weighted by atomic mass is 9.93. The average molecular weight is 774 g/mol. The van der Waals surface area contributed by atoms with E-state index < -0.39 is 61.6 Å². The fourth-order valence-corrected chi connectivity index (χ4v) is 4.52. The molecule has 1 aromatic carbocycles. The standard InChI is InChI=1S/C16H14ClF3N2O4.C8H14N4OS.C3H8NO5P/c1-8(2)26-14(24)10-6-9(4-5-11(10)17)22-13(23)7-12(16(18,19)20)21(3)15(22)25;1-8(2,3)5-6(13)12(9)7(14-4)11-10-5;5-3(6)1-4-2-10(7,8)9/h4-8H,1-3H3;9H2,1-4H3;4H,1-2H2,(H,5,6)(H2,7,8,9). The molecule has 0 spiro atoms. The topological polar surface area (TPSA) is 251 Å². The van der Waals surface area contributed by atoms with Gasteiger partial charge >= 0.3 is 31.4 Å². The van der Waals surface area contributed by atoms with Gasteiger partial charge in [-0.15, -0.1) is 10.2 Å². The van der Waals surface area contributed by atoms with Crippen LogP contribution >= 0.6 is 31.0 Å². The first-order valence-electron chi connectivity index (χ1n) is 13.9. The molecule has 3 aromatic rings. The largest absolute Gasteiger partial charge is 0.480 e. The molecule has 0 fully saturated rings. The van der Waals surface area contributed by atoms with Crippen LogP contribution in [0.4, 0.5) is 13.2 Å². The summed E-state index contributed by atoms with van der Waals surface area (Å²) in [6, 6.07) is 3.91. The number of hydrogen-bond acceptors (Lipinski definition) is 12. The van der Waals surface area contributed by atoms with Gasteiger partial charge in [0.1, 0.15) is 11.4 Å². The number of halogens is 4. The fourth-order valence-electron chi connectivity index (χ4n) is 3.52. The summed E-state index contributed by atoms with van der Waals surface area (Å²) in [5, 5.41) is 18.3. The Morgan fingerprint density at radius 2 is 1.70 bits per heavy atom. The maximum absolute atomic E-state index is 12.9. The zero-order valence-electron chi connectivity index (χ0n) is 27.7. The monoisotopic (exact) mass is 773 g/mol. The normalized spacial score (nSPS) is 11.6. The highest BCUT2D eigenvalue weighted by atomic mass is 35.5. The molecule has 23 heteroatoms. The second kappa shape index (κ2) is 17.8. The predicted molar refractivity (Wildman–Crippen MR) is 177 cm³/mol. The van der Waals surface area contributed by atoms with E-state index in [9.17, 15) is 41.7 Å². The summed E-state index contributed by atoms with van der Waals surface area (Å²) in [5.74, 6) is 3.64. The summed E-state index contributed by atoms with van der Waals surface area (Å²) in [6.07, 6.45) is -4.11. The maximum Gasteiger partial charge on any atom is 0.431 e. The van der Waals surface area contributed by atoms with Gasteiger partial charge in [0.25, 0.3) is 11.1 Å². The van der Waals surface area contributed by atoms with Crippen LogP contribution in [0, 0.1) is 0 Å². The molecule has 2 aromatic heterocycles. The minimum atomic E-state index is -4.86. The van der Waals surface area contributed by atoms with Gasteiger partial charge in [-0.1, -0.05) is 44.1 Å². The lowest BCUT2D eigenvalue weighted by Crippen LogP contribution is -2.40. The van der Waals surface area contributed by atoms with Gasteiger partial charge in [0.15, 0.2) is 0 Å². The number of carbonyl (C=O) groups excluding carboxylic acids is 1. The first kappa shape index (κ1) is 44.0. The van der Waals surface area contributed by atoms with E-state index in [1.807, 2.05) is 20.8 Å². The van der Waals surface area contributed by atoms with Crippen molar-refractivity contribution in [2.24, 2.45) is 7.05 Å². The van der Waals surface area contributed by atoms with Gasteiger partial charge in [-0.3, -0.25) is 28.8 Å². The van der Waals surface area contributed by atoms with E-state index in [2.05, 4.69) is 15.5 Å². The Morgan fingerprint density at radius 3 is 2.16 bits per heavy atom. The molecule has 0 aliphatic heterocycles. The number of benzene rings is 1. The molecule has 3 rings (SSSR count). The molecule has 0 aliphatic rings. The Hall–Kier alpha value is -4.01. The van der Waals surface area contributed by atoms with Crippen LogP contribution in [0.3, 0.4) is 0 Å². The zero-order chi connectivity index (χ0) is 38.9. The van der Waals surface area contributed by atoms with Gasteiger partial charge in [-0.05, 0) is 38.3 Å². The van der Waals surface area contributed by atoms with Crippen molar-refractivity contribution in [1.82, 2.24) is 29.3 Å². The zero-order valence-corrected chi connectivity index (χ0v) is 30.1. The third-order valence-electron chi connectivity index (χ3n) is 5.73. The smallest absolute Gasteiger partial charge is 0.431 e. The van der Waals surface area contributed by atoms with E-state index in [1.54, 1.807) is 20.1 Å². The minimum Gasteiger partial charge on any atom is -0.480 e. The van der Waals surface area contributed by atoms with Gasteiger partial charge in [0, 0.05) is 18.5 Å². The van der Waals surface area contributed by atoms with Crippen molar-refractivity contribution in [2.45, 2.75) is 57.5 Å². The van der Waals surface area contributed by atoms with E-state index in [1.165, 1.54) is 23.9 Å². The fraction of sp³-hybridized carbons (Fsp3) is 0.444. The number of esters is 1. The van der Waals surface area contributed by atoms with Crippen LogP contribution in [0.2, 0.25) is 5.02 Å². The van der Waals surface area contributed by atoms with Crippen LogP contribution < -0.4 is 28.0 Å². The number of nitrogens with one attached hydrogen (secondary N) is 1. The number of nitrogens with zero attached hydrogens (tertiary/aromatic N) is 5. The summed E-state index contributed by atoms with van der Waals surface area (Å²) in [5.41, 5.74) is -4.23. The average Bonchev–Trinajstić information content (AvgIpc) is 2.95. The molecule has 0 radical (unpaired) electrons. The van der Waals surface area contributed by atoms with Crippen molar-refractivity contribution < 1.29 is 47.0 Å². The van der Waals surface area contributed by atoms with Crippen LogP contribution in [-0.2, 0) is 32.7 Å². The predicted octanol–water partition coefficient (Wildman–Crippen LogP) is 1.94. The molecular formula is C27H36ClF3N7O10PS. The summed E-state index contributed by atoms with van der Waals surface area (Å²) in [7, 11) is -3.20. The van der Waals surface area contributed by atoms with Gasteiger partial charge in [-0.2, -0.15) is 17.8 Å². The number of rotatable bonds is 8. The van der Waals surface area contributed by atoms with E-state index in [4.69, 9.17) is 37.1 Å². The number of alkyl halides is 3. The van der Waals surface area contributed by atoms with Crippen LogP contribution in [0.15, 0.2) is 43.8 Å². The number of nitrogens with two attached hydrogens (primary N) is 1. The van der Waals surface area contributed by atoms with Crippen LogP contribution in [0.5, 0.6) is 0 Å². The third kappa shape index (κ3) is 13.0. The molecule has 0 aliphatic carbocycles. The highest BCUT2D eigenvalue weighted by molar-refractivity contribution is 7.98. The molecule has 0 unspecified atom stereocenters. The molecule has 0 atom stereocenters. The first-order chi connectivity index (χ1) is 22.7. The molecule has 2 heterocycles. The quantitative estimate of drug-likeness (QED) is 0.0950. The molecule has 6 N–H and O–H groups in total. The lowest BCUT2D eigenvalue weighted by Gasteiger charge is -2.16. The number of carboxylic acids is 1. The van der Waals surface area contributed by atoms with Crippen molar-refractivity contribution >= 4 is 42.9 Å². The highest BCUT2D eigenvalue weighted by Crippen LogP contribution is 2.31. The van der Waals surface area contributed by atoms with E-state index in [0.717, 1.165) is 17.8 Å². The van der Waals surface area contributed by atoms with Crippen molar-refractivity contribution in [3.8, 4) is 5.69 Å². The van der Waals surface area contributed by atoms with Crippen LogP contribution in [0.25, 0.3) is 5.69 Å². The van der Waals surface area contributed by atoms with Crippen molar-refractivity contribution in [1.29, 1.82) is 0 Å². The summed E-state index contributed by atoms with van der Waals surface area (Å²) < 4.78 is 55.6. The Bertz CT molecular complexity index is 1920. The Kier molecular flexibility index (Phi) is 15.6.